The summed E-state index contributed by atoms with van der Waals surface area (Å²) in [5.74, 6) is 0. The summed E-state index contributed by atoms with van der Waals surface area (Å²) in [6.45, 7) is 3.30. The molecule has 27 heavy (non-hydrogen) atoms. The Labute approximate surface area is 159 Å². The van der Waals surface area contributed by atoms with Gasteiger partial charge in [-0.15, -0.1) is 0 Å². The maximum absolute atomic E-state index is 13.1. The quantitative estimate of drug-likeness (QED) is 0.829. The number of piperidine rings is 1. The van der Waals surface area contributed by atoms with Crippen molar-refractivity contribution in [3.8, 4) is 0 Å². The molecule has 0 bridgehead atoms. The van der Waals surface area contributed by atoms with E-state index in [4.69, 9.17) is 16.3 Å². The minimum absolute atomic E-state index is 0.0462. The van der Waals surface area contributed by atoms with Gasteiger partial charge in [-0.25, -0.2) is 4.79 Å². The molecule has 0 amide bonds. The number of rotatable bonds is 2. The molecule has 3 heterocycles. The number of benzene rings is 1. The normalized spacial score (nSPS) is 21.2. The number of aromatic nitrogens is 2. The maximum Gasteiger partial charge on any atom is 0.417 e. The van der Waals surface area contributed by atoms with Crippen molar-refractivity contribution in [3.63, 3.8) is 0 Å². The standard InChI is InChI=1S/C18H21ClF3N3O2/c19-14-10-16-15(9-13(14)18(20,21)22)23-17(26)25(16)12-1-5-24(6-2-12)11-3-7-27-8-4-11/h9-12H,1-8H2,(H,23,26). The molecule has 148 valence electrons. The summed E-state index contributed by atoms with van der Waals surface area (Å²) in [7, 11) is 0. The van der Waals surface area contributed by atoms with Crippen LogP contribution in [0.3, 0.4) is 0 Å². The van der Waals surface area contributed by atoms with Crippen molar-refractivity contribution >= 4 is 22.6 Å². The minimum atomic E-state index is -4.56. The van der Waals surface area contributed by atoms with Crippen LogP contribution in [-0.2, 0) is 10.9 Å². The van der Waals surface area contributed by atoms with Crippen LogP contribution in [0, 0.1) is 0 Å². The third-order valence-corrected chi connectivity index (χ3v) is 5.99. The molecule has 2 fully saturated rings. The monoisotopic (exact) mass is 403 g/mol. The Morgan fingerprint density at radius 1 is 1.07 bits per heavy atom. The van der Waals surface area contributed by atoms with Crippen LogP contribution >= 0.6 is 11.6 Å². The summed E-state index contributed by atoms with van der Waals surface area (Å²) in [4.78, 5) is 17.4. The highest BCUT2D eigenvalue weighted by atomic mass is 35.5. The van der Waals surface area contributed by atoms with Gasteiger partial charge in [0, 0.05) is 38.4 Å². The van der Waals surface area contributed by atoms with Gasteiger partial charge in [0.2, 0.25) is 0 Å². The molecule has 0 spiro atoms. The van der Waals surface area contributed by atoms with E-state index >= 15 is 0 Å². The highest BCUT2D eigenvalue weighted by Crippen LogP contribution is 2.37. The zero-order valence-corrected chi connectivity index (χ0v) is 15.4. The molecular weight excluding hydrogens is 383 g/mol. The molecule has 0 atom stereocenters. The minimum Gasteiger partial charge on any atom is -0.381 e. The second kappa shape index (κ2) is 7.14. The van der Waals surface area contributed by atoms with Crippen LogP contribution in [0.2, 0.25) is 5.02 Å². The number of likely N-dealkylation sites (tertiary alicyclic amines) is 1. The Morgan fingerprint density at radius 3 is 2.37 bits per heavy atom. The van der Waals surface area contributed by atoms with Gasteiger partial charge in [0.05, 0.1) is 21.6 Å². The first kappa shape index (κ1) is 18.8. The van der Waals surface area contributed by atoms with Crippen molar-refractivity contribution in [2.45, 2.75) is 43.9 Å². The fourth-order valence-corrected chi connectivity index (χ4v) is 4.55. The SMILES string of the molecule is O=c1[nH]c2cc(C(F)(F)F)c(Cl)cc2n1C1CCN(C2CCOCC2)CC1. The van der Waals surface area contributed by atoms with E-state index in [1.54, 1.807) is 4.57 Å². The molecule has 2 aromatic rings. The molecule has 2 saturated heterocycles. The lowest BCUT2D eigenvalue weighted by Crippen LogP contribution is -2.45. The topological polar surface area (TPSA) is 50.3 Å². The Bertz CT molecular complexity index is 878. The number of alkyl halides is 3. The largest absolute Gasteiger partial charge is 0.417 e. The van der Waals surface area contributed by atoms with Crippen molar-refractivity contribution in [1.29, 1.82) is 0 Å². The molecular formula is C18H21ClF3N3O2. The van der Waals surface area contributed by atoms with Crippen LogP contribution in [0.5, 0.6) is 0 Å². The maximum atomic E-state index is 13.1. The molecule has 1 N–H and O–H groups in total. The lowest BCUT2D eigenvalue weighted by atomic mass is 9.99. The van der Waals surface area contributed by atoms with Gasteiger partial charge < -0.3 is 14.6 Å². The summed E-state index contributed by atoms with van der Waals surface area (Å²) in [5.41, 5.74) is -0.713. The number of halogens is 4. The average molecular weight is 404 g/mol. The van der Waals surface area contributed by atoms with E-state index in [9.17, 15) is 18.0 Å². The molecule has 0 radical (unpaired) electrons. The van der Waals surface area contributed by atoms with Gasteiger partial charge in [0.15, 0.2) is 0 Å². The lowest BCUT2D eigenvalue weighted by molar-refractivity contribution is -0.137. The number of H-pyrrole nitrogens is 1. The predicted octanol–water partition coefficient (Wildman–Crippen LogP) is 3.82. The summed E-state index contributed by atoms with van der Waals surface area (Å²) in [5, 5.41) is -0.387. The zero-order valence-electron chi connectivity index (χ0n) is 14.7. The first-order valence-corrected chi connectivity index (χ1v) is 9.55. The molecule has 1 aromatic carbocycles. The van der Waals surface area contributed by atoms with Gasteiger partial charge in [-0.05, 0) is 37.8 Å². The Balaban J connectivity index is 1.58. The Morgan fingerprint density at radius 2 is 1.74 bits per heavy atom. The van der Waals surface area contributed by atoms with Gasteiger partial charge in [-0.3, -0.25) is 4.57 Å². The van der Waals surface area contributed by atoms with Gasteiger partial charge >= 0.3 is 11.9 Å². The van der Waals surface area contributed by atoms with Gasteiger partial charge in [0.25, 0.3) is 0 Å². The number of imidazole rings is 1. The fraction of sp³-hybridized carbons (Fsp3) is 0.611. The van der Waals surface area contributed by atoms with Crippen LogP contribution in [-0.4, -0.2) is 46.8 Å². The number of hydrogen-bond acceptors (Lipinski definition) is 3. The predicted molar refractivity (Wildman–Crippen MR) is 96.3 cm³/mol. The van der Waals surface area contributed by atoms with Crippen molar-refractivity contribution in [1.82, 2.24) is 14.5 Å². The highest BCUT2D eigenvalue weighted by Gasteiger charge is 2.35. The van der Waals surface area contributed by atoms with Gasteiger partial charge in [0.1, 0.15) is 0 Å². The van der Waals surface area contributed by atoms with Gasteiger partial charge in [-0.2, -0.15) is 13.2 Å². The lowest BCUT2D eigenvalue weighted by Gasteiger charge is -2.39. The fourth-order valence-electron chi connectivity index (χ4n) is 4.29. The van der Waals surface area contributed by atoms with Crippen molar-refractivity contribution < 1.29 is 17.9 Å². The van der Waals surface area contributed by atoms with E-state index in [2.05, 4.69) is 9.88 Å². The van der Waals surface area contributed by atoms with Crippen LogP contribution in [0.15, 0.2) is 16.9 Å². The molecule has 4 rings (SSSR count). The molecule has 0 saturated carbocycles. The Kier molecular flexibility index (Phi) is 4.98. The second-order valence-corrected chi connectivity index (χ2v) is 7.67. The molecule has 0 unspecified atom stereocenters. The van der Waals surface area contributed by atoms with Crippen LogP contribution in [0.1, 0.15) is 37.3 Å². The molecule has 2 aliphatic heterocycles. The highest BCUT2D eigenvalue weighted by molar-refractivity contribution is 6.32. The molecule has 0 aliphatic carbocycles. The summed E-state index contributed by atoms with van der Waals surface area (Å²) in [6.07, 6.45) is -0.952. The Hall–Kier alpha value is -1.51. The van der Waals surface area contributed by atoms with E-state index in [-0.39, 0.29) is 22.3 Å². The molecule has 9 heteroatoms. The van der Waals surface area contributed by atoms with Crippen LogP contribution < -0.4 is 5.69 Å². The summed E-state index contributed by atoms with van der Waals surface area (Å²) < 4.78 is 46.2. The smallest absolute Gasteiger partial charge is 0.381 e. The molecule has 5 nitrogen and oxygen atoms in total. The first-order valence-electron chi connectivity index (χ1n) is 9.17. The van der Waals surface area contributed by atoms with E-state index in [0.29, 0.717) is 11.6 Å². The van der Waals surface area contributed by atoms with Crippen molar-refractivity contribution in [2.75, 3.05) is 26.3 Å². The number of nitrogens with one attached hydrogen (secondary N) is 1. The second-order valence-electron chi connectivity index (χ2n) is 7.26. The van der Waals surface area contributed by atoms with Gasteiger partial charge in [-0.1, -0.05) is 11.6 Å². The van der Waals surface area contributed by atoms with E-state index in [1.165, 1.54) is 6.07 Å². The van der Waals surface area contributed by atoms with Crippen LogP contribution in [0.25, 0.3) is 11.0 Å². The van der Waals surface area contributed by atoms with E-state index in [0.717, 1.165) is 58.1 Å². The number of fused-ring (bicyclic) bond motifs is 1. The summed E-state index contributed by atoms with van der Waals surface area (Å²) >= 11 is 5.86. The number of aromatic amines is 1. The average Bonchev–Trinajstić information content (AvgIpc) is 2.96. The van der Waals surface area contributed by atoms with E-state index < -0.39 is 11.7 Å². The number of nitrogens with zero attached hydrogens (tertiary/aromatic N) is 2. The first-order chi connectivity index (χ1) is 12.8. The zero-order chi connectivity index (χ0) is 19.2. The van der Waals surface area contributed by atoms with Crippen molar-refractivity contribution in [2.24, 2.45) is 0 Å². The third kappa shape index (κ3) is 3.62. The third-order valence-electron chi connectivity index (χ3n) is 5.68. The molecule has 2 aliphatic rings. The summed E-state index contributed by atoms with van der Waals surface area (Å²) in [6, 6.07) is 2.65. The molecule has 1 aromatic heterocycles. The van der Waals surface area contributed by atoms with E-state index in [1.807, 2.05) is 0 Å². The van der Waals surface area contributed by atoms with Crippen LogP contribution in [0.4, 0.5) is 13.2 Å². The number of ether oxygens (including phenoxy) is 1. The number of hydrogen-bond donors (Lipinski definition) is 1. The van der Waals surface area contributed by atoms with Crippen molar-refractivity contribution in [3.05, 3.63) is 33.2 Å².